The number of hydrogen-bond donors (Lipinski definition) is 1. The van der Waals surface area contributed by atoms with Gasteiger partial charge < -0.3 is 4.74 Å². The van der Waals surface area contributed by atoms with Crippen molar-refractivity contribution in [3.8, 4) is 0 Å². The van der Waals surface area contributed by atoms with Crippen molar-refractivity contribution in [2.24, 2.45) is 0 Å². The molecule has 0 radical (unpaired) electrons. The van der Waals surface area contributed by atoms with E-state index in [0.29, 0.717) is 11.7 Å². The van der Waals surface area contributed by atoms with Gasteiger partial charge in [-0.25, -0.2) is 4.79 Å². The van der Waals surface area contributed by atoms with Gasteiger partial charge in [0.05, 0.1) is 6.54 Å². The van der Waals surface area contributed by atoms with E-state index in [9.17, 15) is 4.79 Å². The molecule has 2 rings (SSSR count). The summed E-state index contributed by atoms with van der Waals surface area (Å²) < 4.78 is 5.21. The lowest BCUT2D eigenvalue weighted by molar-refractivity contribution is 0.0636. The van der Waals surface area contributed by atoms with Gasteiger partial charge in [-0.1, -0.05) is 48.6 Å². The van der Waals surface area contributed by atoms with E-state index < -0.39 is 11.7 Å². The number of nitrogens with zero attached hydrogens (tertiary/aromatic N) is 3. The molecule has 0 fully saturated rings. The van der Waals surface area contributed by atoms with E-state index >= 15 is 0 Å². The Morgan fingerprint density at radius 1 is 1.21 bits per heavy atom. The summed E-state index contributed by atoms with van der Waals surface area (Å²) in [6.07, 6.45) is -0.512. The smallest absolute Gasteiger partial charge is 0.414 e. The Hall–Kier alpha value is -1.99. The van der Waals surface area contributed by atoms with Crippen LogP contribution in [0, 0.1) is 0 Å². The number of carbonyl (C=O) groups is 1. The lowest BCUT2D eigenvalue weighted by Gasteiger charge is -2.19. The molecular formula is C17H24N4O2S. The molecule has 1 amide bonds. The van der Waals surface area contributed by atoms with Gasteiger partial charge in [-0.15, -0.1) is 10.2 Å². The van der Waals surface area contributed by atoms with Gasteiger partial charge in [0.15, 0.2) is 0 Å². The molecule has 7 heteroatoms. The van der Waals surface area contributed by atoms with Crippen LogP contribution in [0.3, 0.4) is 0 Å². The van der Waals surface area contributed by atoms with Crippen molar-refractivity contribution in [2.75, 3.05) is 11.9 Å². The quantitative estimate of drug-likeness (QED) is 0.857. The van der Waals surface area contributed by atoms with Crippen molar-refractivity contribution < 1.29 is 9.53 Å². The van der Waals surface area contributed by atoms with Crippen molar-refractivity contribution in [3.63, 3.8) is 0 Å². The molecule has 1 aromatic carbocycles. The molecule has 2 aromatic rings. The lowest BCUT2D eigenvalue weighted by Crippen LogP contribution is -2.27. The second-order valence-corrected chi connectivity index (χ2v) is 7.48. The highest BCUT2D eigenvalue weighted by Crippen LogP contribution is 2.19. The molecule has 0 aliphatic rings. The molecular weight excluding hydrogens is 324 g/mol. The number of anilines is 1. The fraction of sp³-hybridized carbons (Fsp3) is 0.471. The summed E-state index contributed by atoms with van der Waals surface area (Å²) in [7, 11) is 0. The van der Waals surface area contributed by atoms with E-state index in [1.807, 2.05) is 39.0 Å². The van der Waals surface area contributed by atoms with Gasteiger partial charge in [0, 0.05) is 6.54 Å². The predicted octanol–water partition coefficient (Wildman–Crippen LogP) is 3.91. The summed E-state index contributed by atoms with van der Waals surface area (Å²) in [4.78, 5) is 14.0. The SMILES string of the molecule is CCN(Cc1ccccc1)Cc1nnc(NC(=O)OC(C)(C)C)s1. The molecule has 0 saturated heterocycles. The molecule has 0 saturated carbocycles. The Morgan fingerprint density at radius 2 is 1.92 bits per heavy atom. The number of rotatable bonds is 6. The zero-order valence-electron chi connectivity index (χ0n) is 14.6. The molecule has 0 aliphatic carbocycles. The molecule has 1 heterocycles. The third kappa shape index (κ3) is 6.25. The van der Waals surface area contributed by atoms with Gasteiger partial charge in [-0.2, -0.15) is 0 Å². The lowest BCUT2D eigenvalue weighted by atomic mass is 10.2. The van der Waals surface area contributed by atoms with E-state index in [1.165, 1.54) is 16.9 Å². The first-order valence-corrected chi connectivity index (χ1v) is 8.76. The van der Waals surface area contributed by atoms with Gasteiger partial charge in [-0.3, -0.25) is 10.2 Å². The van der Waals surface area contributed by atoms with Crippen molar-refractivity contribution in [1.82, 2.24) is 15.1 Å². The minimum atomic E-state index is -0.535. The molecule has 6 nitrogen and oxygen atoms in total. The third-order valence-electron chi connectivity index (χ3n) is 3.13. The number of carbonyl (C=O) groups excluding carboxylic acids is 1. The Kier molecular flexibility index (Phi) is 6.28. The topological polar surface area (TPSA) is 67.4 Å². The van der Waals surface area contributed by atoms with Crippen LogP contribution in [-0.2, 0) is 17.8 Å². The number of benzene rings is 1. The number of nitrogens with one attached hydrogen (secondary N) is 1. The maximum absolute atomic E-state index is 11.8. The van der Waals surface area contributed by atoms with Crippen LogP contribution < -0.4 is 5.32 Å². The molecule has 0 aliphatic heterocycles. The van der Waals surface area contributed by atoms with Crippen LogP contribution in [-0.4, -0.2) is 33.3 Å². The second-order valence-electron chi connectivity index (χ2n) is 6.42. The largest absolute Gasteiger partial charge is 0.444 e. The Morgan fingerprint density at radius 3 is 2.54 bits per heavy atom. The minimum absolute atomic E-state index is 0.454. The monoisotopic (exact) mass is 348 g/mol. The fourth-order valence-corrected chi connectivity index (χ4v) is 2.84. The Labute approximate surface area is 146 Å². The van der Waals surface area contributed by atoms with Gasteiger partial charge >= 0.3 is 6.09 Å². The molecule has 0 unspecified atom stereocenters. The van der Waals surface area contributed by atoms with Crippen LogP contribution in [0.1, 0.15) is 38.3 Å². The summed E-state index contributed by atoms with van der Waals surface area (Å²) in [5, 5.41) is 12.1. The number of aromatic nitrogens is 2. The fourth-order valence-electron chi connectivity index (χ4n) is 2.07. The van der Waals surface area contributed by atoms with Crippen LogP contribution in [0.4, 0.5) is 9.93 Å². The number of ether oxygens (including phenoxy) is 1. The van der Waals surface area contributed by atoms with Crippen LogP contribution >= 0.6 is 11.3 Å². The average Bonchev–Trinajstić information content (AvgIpc) is 2.92. The third-order valence-corrected chi connectivity index (χ3v) is 3.95. The minimum Gasteiger partial charge on any atom is -0.444 e. The van der Waals surface area contributed by atoms with Gasteiger partial charge in [0.2, 0.25) is 5.13 Å². The highest BCUT2D eigenvalue weighted by atomic mass is 32.1. The highest BCUT2D eigenvalue weighted by molar-refractivity contribution is 7.15. The van der Waals surface area contributed by atoms with Crippen LogP contribution in [0.2, 0.25) is 0 Å². The molecule has 1 aromatic heterocycles. The van der Waals surface area contributed by atoms with Crippen molar-refractivity contribution >= 4 is 22.6 Å². The summed E-state index contributed by atoms with van der Waals surface area (Å²) in [5.74, 6) is 0. The van der Waals surface area contributed by atoms with E-state index in [4.69, 9.17) is 4.74 Å². The van der Waals surface area contributed by atoms with E-state index in [0.717, 1.165) is 18.1 Å². The first-order chi connectivity index (χ1) is 11.4. The van der Waals surface area contributed by atoms with E-state index in [-0.39, 0.29) is 0 Å². The zero-order chi connectivity index (χ0) is 17.6. The van der Waals surface area contributed by atoms with Gasteiger partial charge in [-0.05, 0) is 32.9 Å². The normalized spacial score (nSPS) is 11.5. The second kappa shape index (κ2) is 8.21. The van der Waals surface area contributed by atoms with Crippen molar-refractivity contribution in [2.45, 2.75) is 46.4 Å². The summed E-state index contributed by atoms with van der Waals surface area (Å²) in [5.41, 5.74) is 0.725. The highest BCUT2D eigenvalue weighted by Gasteiger charge is 2.18. The molecule has 0 spiro atoms. The molecule has 24 heavy (non-hydrogen) atoms. The molecule has 0 atom stereocenters. The number of amides is 1. The van der Waals surface area contributed by atoms with Crippen LogP contribution in [0.5, 0.6) is 0 Å². The predicted molar refractivity (Wildman–Crippen MR) is 96.0 cm³/mol. The van der Waals surface area contributed by atoms with Gasteiger partial charge in [0.25, 0.3) is 0 Å². The van der Waals surface area contributed by atoms with E-state index in [1.54, 1.807) is 0 Å². The Balaban J connectivity index is 1.91. The Bertz CT molecular complexity index is 652. The zero-order valence-corrected chi connectivity index (χ0v) is 15.4. The van der Waals surface area contributed by atoms with Crippen molar-refractivity contribution in [3.05, 3.63) is 40.9 Å². The first kappa shape index (κ1) is 18.4. The van der Waals surface area contributed by atoms with Crippen LogP contribution in [0.15, 0.2) is 30.3 Å². The standard InChI is InChI=1S/C17H24N4O2S/c1-5-21(11-13-9-7-6-8-10-13)12-14-19-20-15(24-14)18-16(22)23-17(2,3)4/h6-10H,5,11-12H2,1-4H3,(H,18,20,22). The maximum Gasteiger partial charge on any atom is 0.414 e. The average molecular weight is 348 g/mol. The van der Waals surface area contributed by atoms with Crippen molar-refractivity contribution in [1.29, 1.82) is 0 Å². The summed E-state index contributed by atoms with van der Waals surface area (Å²) >= 11 is 1.37. The molecule has 130 valence electrons. The number of hydrogen-bond acceptors (Lipinski definition) is 6. The summed E-state index contributed by atoms with van der Waals surface area (Å²) in [6, 6.07) is 10.3. The maximum atomic E-state index is 11.8. The van der Waals surface area contributed by atoms with Crippen LogP contribution in [0.25, 0.3) is 0 Å². The summed E-state index contributed by atoms with van der Waals surface area (Å²) in [6.45, 7) is 10.0. The van der Waals surface area contributed by atoms with Gasteiger partial charge in [0.1, 0.15) is 10.6 Å². The molecule has 0 bridgehead atoms. The molecule has 1 N–H and O–H groups in total. The van der Waals surface area contributed by atoms with E-state index in [2.05, 4.69) is 39.5 Å². The first-order valence-electron chi connectivity index (χ1n) is 7.94.